The van der Waals surface area contributed by atoms with Crippen LogP contribution in [0.25, 0.3) is 0 Å². The maximum atomic E-state index is 6.46. The molecule has 0 bridgehead atoms. The molecule has 0 aromatic carbocycles. The lowest BCUT2D eigenvalue weighted by molar-refractivity contribution is 0.368. The standard InChI is InChI=1S/C14H21BrN4S/c1-9-7-12(20-10(9)2)13(16)14-11(15)8-17-19(14)6-5-18(3)4/h7-8,13H,5-6,16H2,1-4H3. The fraction of sp³-hybridized carbons (Fsp3) is 0.500. The Balaban J connectivity index is 2.29. The van der Waals surface area contributed by atoms with Crippen molar-refractivity contribution in [2.24, 2.45) is 5.73 Å². The van der Waals surface area contributed by atoms with Gasteiger partial charge in [-0.3, -0.25) is 4.68 Å². The minimum absolute atomic E-state index is 0.133. The maximum Gasteiger partial charge on any atom is 0.0828 e. The molecule has 0 fully saturated rings. The zero-order valence-corrected chi connectivity index (χ0v) is 14.8. The molecule has 110 valence electrons. The molecule has 20 heavy (non-hydrogen) atoms. The molecule has 0 saturated carbocycles. The van der Waals surface area contributed by atoms with Crippen LogP contribution in [0.4, 0.5) is 0 Å². The molecule has 6 heteroatoms. The molecule has 0 amide bonds. The lowest BCUT2D eigenvalue weighted by Gasteiger charge is -2.16. The zero-order valence-electron chi connectivity index (χ0n) is 12.4. The molecule has 0 aliphatic rings. The van der Waals surface area contributed by atoms with E-state index < -0.39 is 0 Å². The summed E-state index contributed by atoms with van der Waals surface area (Å²) in [6.07, 6.45) is 1.83. The number of hydrogen-bond acceptors (Lipinski definition) is 4. The lowest BCUT2D eigenvalue weighted by atomic mass is 10.1. The monoisotopic (exact) mass is 356 g/mol. The molecule has 2 aromatic heterocycles. The van der Waals surface area contributed by atoms with Gasteiger partial charge in [-0.05, 0) is 55.5 Å². The first kappa shape index (κ1) is 15.7. The first-order valence-electron chi connectivity index (χ1n) is 6.58. The van der Waals surface area contributed by atoms with Gasteiger partial charge in [-0.25, -0.2) is 0 Å². The largest absolute Gasteiger partial charge is 0.318 e. The second-order valence-electron chi connectivity index (χ2n) is 5.27. The number of rotatable bonds is 5. The summed E-state index contributed by atoms with van der Waals surface area (Å²) < 4.78 is 2.98. The molecule has 0 spiro atoms. The predicted octanol–water partition coefficient (Wildman–Crippen LogP) is 2.93. The molecular formula is C14H21BrN4S. The quantitative estimate of drug-likeness (QED) is 0.895. The number of hydrogen-bond donors (Lipinski definition) is 1. The van der Waals surface area contributed by atoms with Gasteiger partial charge in [-0.15, -0.1) is 11.3 Å². The van der Waals surface area contributed by atoms with Gasteiger partial charge in [0.25, 0.3) is 0 Å². The molecule has 0 aliphatic carbocycles. The summed E-state index contributed by atoms with van der Waals surface area (Å²) in [5, 5.41) is 4.43. The highest BCUT2D eigenvalue weighted by Gasteiger charge is 2.20. The van der Waals surface area contributed by atoms with Crippen LogP contribution >= 0.6 is 27.3 Å². The fourth-order valence-electron chi connectivity index (χ4n) is 2.04. The number of nitrogens with zero attached hydrogens (tertiary/aromatic N) is 3. The van der Waals surface area contributed by atoms with E-state index in [1.165, 1.54) is 15.3 Å². The van der Waals surface area contributed by atoms with Gasteiger partial charge in [-0.1, -0.05) is 0 Å². The second-order valence-corrected chi connectivity index (χ2v) is 7.41. The van der Waals surface area contributed by atoms with Gasteiger partial charge in [0.15, 0.2) is 0 Å². The van der Waals surface area contributed by atoms with Crippen LogP contribution < -0.4 is 5.73 Å². The van der Waals surface area contributed by atoms with Gasteiger partial charge in [0, 0.05) is 16.3 Å². The van der Waals surface area contributed by atoms with Crippen LogP contribution in [0, 0.1) is 13.8 Å². The number of halogens is 1. The number of likely N-dealkylation sites (N-methyl/N-ethyl adjacent to an activating group) is 1. The van der Waals surface area contributed by atoms with Gasteiger partial charge in [0.1, 0.15) is 0 Å². The third kappa shape index (κ3) is 3.31. The molecule has 2 aromatic rings. The van der Waals surface area contributed by atoms with E-state index in [1.807, 2.05) is 10.9 Å². The first-order valence-corrected chi connectivity index (χ1v) is 8.19. The van der Waals surface area contributed by atoms with E-state index >= 15 is 0 Å². The number of aromatic nitrogens is 2. The Morgan fingerprint density at radius 3 is 2.70 bits per heavy atom. The van der Waals surface area contributed by atoms with Gasteiger partial charge >= 0.3 is 0 Å². The van der Waals surface area contributed by atoms with E-state index in [2.05, 4.69) is 59.9 Å². The normalized spacial score (nSPS) is 13.2. The van der Waals surface area contributed by atoms with Crippen molar-refractivity contribution in [1.82, 2.24) is 14.7 Å². The van der Waals surface area contributed by atoms with Crippen molar-refractivity contribution in [3.63, 3.8) is 0 Å². The number of nitrogens with two attached hydrogens (primary N) is 1. The van der Waals surface area contributed by atoms with E-state index in [9.17, 15) is 0 Å². The van der Waals surface area contributed by atoms with Gasteiger partial charge in [-0.2, -0.15) is 5.10 Å². The summed E-state index contributed by atoms with van der Waals surface area (Å²) in [7, 11) is 4.12. The Morgan fingerprint density at radius 1 is 1.45 bits per heavy atom. The van der Waals surface area contributed by atoms with E-state index in [1.54, 1.807) is 11.3 Å². The summed E-state index contributed by atoms with van der Waals surface area (Å²) in [6.45, 7) is 6.04. The smallest absolute Gasteiger partial charge is 0.0828 e. The Morgan fingerprint density at radius 2 is 2.15 bits per heavy atom. The highest BCUT2D eigenvalue weighted by atomic mass is 79.9. The van der Waals surface area contributed by atoms with Gasteiger partial charge < -0.3 is 10.6 Å². The molecular weight excluding hydrogens is 336 g/mol. The molecule has 1 unspecified atom stereocenters. The highest BCUT2D eigenvalue weighted by Crippen LogP contribution is 2.32. The molecule has 4 nitrogen and oxygen atoms in total. The molecule has 1 atom stereocenters. The van der Waals surface area contributed by atoms with E-state index in [-0.39, 0.29) is 6.04 Å². The van der Waals surface area contributed by atoms with Crippen LogP contribution in [-0.4, -0.2) is 35.3 Å². The van der Waals surface area contributed by atoms with E-state index in [0.717, 1.165) is 23.3 Å². The zero-order chi connectivity index (χ0) is 14.9. The summed E-state index contributed by atoms with van der Waals surface area (Å²) >= 11 is 5.34. The molecule has 0 saturated heterocycles. The van der Waals surface area contributed by atoms with Crippen molar-refractivity contribution in [3.05, 3.63) is 37.7 Å². The third-order valence-electron chi connectivity index (χ3n) is 3.38. The lowest BCUT2D eigenvalue weighted by Crippen LogP contribution is -2.23. The van der Waals surface area contributed by atoms with Crippen molar-refractivity contribution in [2.75, 3.05) is 20.6 Å². The average Bonchev–Trinajstić information content (AvgIpc) is 2.90. The Bertz CT molecular complexity index is 569. The van der Waals surface area contributed by atoms with Crippen LogP contribution in [0.15, 0.2) is 16.7 Å². The molecule has 2 rings (SSSR count). The van der Waals surface area contributed by atoms with Crippen LogP contribution in [-0.2, 0) is 6.54 Å². The van der Waals surface area contributed by atoms with Crippen molar-refractivity contribution >= 4 is 27.3 Å². The van der Waals surface area contributed by atoms with Crippen molar-refractivity contribution in [3.8, 4) is 0 Å². The van der Waals surface area contributed by atoms with E-state index in [4.69, 9.17) is 5.73 Å². The topological polar surface area (TPSA) is 47.1 Å². The SMILES string of the molecule is Cc1cc(C(N)c2c(Br)cnn2CCN(C)C)sc1C. The fourth-order valence-corrected chi connectivity index (χ4v) is 3.63. The van der Waals surface area contributed by atoms with Crippen LogP contribution in [0.3, 0.4) is 0 Å². The third-order valence-corrected chi connectivity index (χ3v) is 5.23. The van der Waals surface area contributed by atoms with Crippen LogP contribution in [0.5, 0.6) is 0 Å². The van der Waals surface area contributed by atoms with Crippen molar-refractivity contribution in [2.45, 2.75) is 26.4 Å². The van der Waals surface area contributed by atoms with E-state index in [0.29, 0.717) is 0 Å². The Kier molecular flexibility index (Phi) is 5.01. The Hall–Kier alpha value is -0.690. The molecule has 0 radical (unpaired) electrons. The summed E-state index contributed by atoms with van der Waals surface area (Å²) in [5.74, 6) is 0. The summed E-state index contributed by atoms with van der Waals surface area (Å²) in [6, 6.07) is 2.05. The maximum absolute atomic E-state index is 6.46. The Labute approximate surface area is 132 Å². The minimum atomic E-state index is -0.133. The summed E-state index contributed by atoms with van der Waals surface area (Å²) in [4.78, 5) is 4.66. The second kappa shape index (κ2) is 6.39. The highest BCUT2D eigenvalue weighted by molar-refractivity contribution is 9.10. The summed E-state index contributed by atoms with van der Waals surface area (Å²) in [5.41, 5.74) is 8.81. The molecule has 2 N–H and O–H groups in total. The predicted molar refractivity (Wildman–Crippen MR) is 88.3 cm³/mol. The van der Waals surface area contributed by atoms with Crippen molar-refractivity contribution < 1.29 is 0 Å². The number of aryl methyl sites for hydroxylation is 2. The molecule has 0 aliphatic heterocycles. The van der Waals surface area contributed by atoms with Gasteiger partial charge in [0.2, 0.25) is 0 Å². The van der Waals surface area contributed by atoms with Gasteiger partial charge in [0.05, 0.1) is 29.0 Å². The number of thiophene rings is 1. The van der Waals surface area contributed by atoms with Crippen LogP contribution in [0.1, 0.15) is 27.1 Å². The molecule has 2 heterocycles. The average molecular weight is 357 g/mol. The first-order chi connectivity index (χ1) is 9.40. The van der Waals surface area contributed by atoms with Crippen molar-refractivity contribution in [1.29, 1.82) is 0 Å². The van der Waals surface area contributed by atoms with Crippen LogP contribution in [0.2, 0.25) is 0 Å². The minimum Gasteiger partial charge on any atom is -0.318 e.